The summed E-state index contributed by atoms with van der Waals surface area (Å²) in [4.78, 5) is 38.8. The van der Waals surface area contributed by atoms with E-state index in [9.17, 15) is 15.0 Å². The van der Waals surface area contributed by atoms with Crippen LogP contribution in [0.5, 0.6) is 6.01 Å². The first kappa shape index (κ1) is 35.2. The standard InChI is InChI=1S/C39H44F2N8O4/c1-5-28-30(41)10-7-23-13-39(4,52)20-47(35(23)28)25-8-9-29-31(11-25)44-37(53-21-38(3)14-24(40)17-48(38)27-15-42-22-43-16-27)45-36(29)46-18-26-12-33(50)32(19-46)49(26)34(51)6-2/h1,6-7,10,15-16,22,24-26,32-33,50,52H,2,8-9,11-14,17-21H2,3-4H3/t24-,25-,26-,32-,33?,38+,39+/m1/s1. The normalized spacial score (nSPS) is 30.5. The second kappa shape index (κ2) is 13.2. The van der Waals surface area contributed by atoms with E-state index in [-0.39, 0.29) is 55.7 Å². The number of aliphatic hydroxyl groups excluding tert-OH is 1. The smallest absolute Gasteiger partial charge is 0.318 e. The molecule has 6 heterocycles. The Bertz CT molecular complexity index is 1980. The Morgan fingerprint density at radius 3 is 2.72 bits per heavy atom. The first-order valence-electron chi connectivity index (χ1n) is 18.2. The minimum atomic E-state index is -1.08. The highest BCUT2D eigenvalue weighted by molar-refractivity contribution is 5.88. The largest absolute Gasteiger partial charge is 0.461 e. The summed E-state index contributed by atoms with van der Waals surface area (Å²) in [6.07, 6.45) is 12.8. The number of ether oxygens (including phenoxy) is 1. The molecule has 53 heavy (non-hydrogen) atoms. The van der Waals surface area contributed by atoms with Gasteiger partial charge in [-0.05, 0) is 50.8 Å². The van der Waals surface area contributed by atoms with Crippen LogP contribution in [0.4, 0.5) is 26.0 Å². The molecule has 2 bridgehead atoms. The molecule has 3 fully saturated rings. The number of hydrogen-bond donors (Lipinski definition) is 2. The number of amides is 1. The van der Waals surface area contributed by atoms with Crippen LogP contribution in [0.25, 0.3) is 0 Å². The Balaban J connectivity index is 1.15. The molecule has 1 amide bonds. The van der Waals surface area contributed by atoms with Crippen molar-refractivity contribution >= 4 is 23.1 Å². The summed E-state index contributed by atoms with van der Waals surface area (Å²) in [5.74, 6) is 2.54. The summed E-state index contributed by atoms with van der Waals surface area (Å²) in [5, 5.41) is 22.3. The van der Waals surface area contributed by atoms with Gasteiger partial charge in [0.2, 0.25) is 5.91 Å². The predicted octanol–water partition coefficient (Wildman–Crippen LogP) is 2.78. The zero-order chi connectivity index (χ0) is 37.2. The molecule has 5 aliphatic rings. The van der Waals surface area contributed by atoms with Gasteiger partial charge >= 0.3 is 6.01 Å². The lowest BCUT2D eigenvalue weighted by Gasteiger charge is -2.46. The summed E-state index contributed by atoms with van der Waals surface area (Å²) >= 11 is 0. The van der Waals surface area contributed by atoms with Gasteiger partial charge < -0.3 is 34.5 Å². The Morgan fingerprint density at radius 1 is 1.19 bits per heavy atom. The van der Waals surface area contributed by atoms with Crippen molar-refractivity contribution in [1.29, 1.82) is 0 Å². The third-order valence-electron chi connectivity index (χ3n) is 11.7. The van der Waals surface area contributed by atoms with Crippen molar-refractivity contribution < 1.29 is 28.5 Å². The second-order valence-electron chi connectivity index (χ2n) is 15.7. The minimum absolute atomic E-state index is 0.0860. The van der Waals surface area contributed by atoms with Crippen LogP contribution in [0.1, 0.15) is 55.5 Å². The van der Waals surface area contributed by atoms with Gasteiger partial charge in [-0.1, -0.05) is 18.6 Å². The lowest BCUT2D eigenvalue weighted by atomic mass is 9.83. The van der Waals surface area contributed by atoms with E-state index in [2.05, 4.69) is 27.4 Å². The lowest BCUT2D eigenvalue weighted by Crippen LogP contribution is -2.57. The van der Waals surface area contributed by atoms with Gasteiger partial charge in [-0.2, -0.15) is 9.97 Å². The zero-order valence-corrected chi connectivity index (χ0v) is 30.0. The maximum absolute atomic E-state index is 15.1. The molecule has 1 aliphatic carbocycles. The van der Waals surface area contributed by atoms with E-state index >= 15 is 8.78 Å². The highest BCUT2D eigenvalue weighted by atomic mass is 19.1. The highest BCUT2D eigenvalue weighted by Crippen LogP contribution is 2.42. The lowest BCUT2D eigenvalue weighted by molar-refractivity contribution is -0.130. The molecule has 2 N–H and O–H groups in total. The van der Waals surface area contributed by atoms with Crippen LogP contribution in [0, 0.1) is 18.2 Å². The molecular weight excluding hydrogens is 682 g/mol. The molecule has 4 aliphatic heterocycles. The molecule has 8 rings (SSSR count). The van der Waals surface area contributed by atoms with Gasteiger partial charge in [0.15, 0.2) is 0 Å². The Kier molecular flexibility index (Phi) is 8.77. The van der Waals surface area contributed by atoms with E-state index in [4.69, 9.17) is 21.1 Å². The van der Waals surface area contributed by atoms with E-state index < -0.39 is 35.3 Å². The van der Waals surface area contributed by atoms with E-state index in [0.29, 0.717) is 62.4 Å². The van der Waals surface area contributed by atoms with Crippen LogP contribution < -0.4 is 19.4 Å². The van der Waals surface area contributed by atoms with Gasteiger partial charge in [0, 0.05) is 50.5 Å². The molecule has 0 saturated carbocycles. The number of piperazine rings is 1. The van der Waals surface area contributed by atoms with Crippen LogP contribution in [0.3, 0.4) is 0 Å². The van der Waals surface area contributed by atoms with Crippen molar-refractivity contribution in [2.75, 3.05) is 47.5 Å². The van der Waals surface area contributed by atoms with Gasteiger partial charge in [0.1, 0.15) is 30.7 Å². The number of benzene rings is 1. The summed E-state index contributed by atoms with van der Waals surface area (Å²) in [6.45, 7) is 8.72. The van der Waals surface area contributed by atoms with Crippen LogP contribution >= 0.6 is 0 Å². The molecule has 0 spiro atoms. The Labute approximate surface area is 307 Å². The number of halogens is 2. The molecule has 1 unspecified atom stereocenters. The summed E-state index contributed by atoms with van der Waals surface area (Å²) < 4.78 is 36.5. The molecule has 278 valence electrons. The van der Waals surface area contributed by atoms with Gasteiger partial charge in [-0.25, -0.2) is 18.7 Å². The van der Waals surface area contributed by atoms with Crippen LogP contribution in [-0.2, 0) is 24.1 Å². The van der Waals surface area contributed by atoms with E-state index in [1.807, 2.05) is 16.7 Å². The molecule has 3 saturated heterocycles. The molecule has 7 atom stereocenters. The van der Waals surface area contributed by atoms with E-state index in [0.717, 1.165) is 16.8 Å². The molecule has 3 aromatic rings. The number of carbonyl (C=O) groups excluding carboxylic acids is 1. The number of terminal acetylenes is 1. The fraction of sp³-hybridized carbons (Fsp3) is 0.513. The Hall–Kier alpha value is -4.87. The van der Waals surface area contributed by atoms with Crippen molar-refractivity contribution in [2.45, 2.75) is 93.9 Å². The Morgan fingerprint density at radius 2 is 1.98 bits per heavy atom. The topological polar surface area (TPSA) is 131 Å². The molecule has 0 radical (unpaired) electrons. The number of anilines is 3. The maximum Gasteiger partial charge on any atom is 0.318 e. The number of hydrogen-bond acceptors (Lipinski definition) is 11. The number of nitrogens with zero attached hydrogens (tertiary/aromatic N) is 8. The highest BCUT2D eigenvalue weighted by Gasteiger charge is 2.49. The summed E-state index contributed by atoms with van der Waals surface area (Å²) in [6, 6.07) is 2.35. The first-order valence-corrected chi connectivity index (χ1v) is 18.2. The van der Waals surface area contributed by atoms with Crippen LogP contribution in [0.2, 0.25) is 0 Å². The van der Waals surface area contributed by atoms with Crippen LogP contribution in [0.15, 0.2) is 43.5 Å². The molecular formula is C39H44F2N8O4. The van der Waals surface area contributed by atoms with Crippen molar-refractivity contribution in [3.8, 4) is 18.4 Å². The van der Waals surface area contributed by atoms with Gasteiger partial charge in [-0.15, -0.1) is 6.42 Å². The number of rotatable bonds is 7. The summed E-state index contributed by atoms with van der Waals surface area (Å²) in [5.41, 5.74) is 2.17. The van der Waals surface area contributed by atoms with Crippen molar-refractivity contribution in [3.05, 3.63) is 71.7 Å². The van der Waals surface area contributed by atoms with Gasteiger partial charge in [0.05, 0.1) is 70.9 Å². The average molecular weight is 727 g/mol. The predicted molar refractivity (Wildman–Crippen MR) is 194 cm³/mol. The number of aliphatic hydroxyl groups is 2. The molecule has 12 nitrogen and oxygen atoms in total. The fourth-order valence-electron chi connectivity index (χ4n) is 9.42. The second-order valence-corrected chi connectivity index (χ2v) is 15.7. The fourth-order valence-corrected chi connectivity index (χ4v) is 9.42. The van der Waals surface area contributed by atoms with Gasteiger partial charge in [0.25, 0.3) is 0 Å². The third kappa shape index (κ3) is 6.23. The molecule has 2 aromatic heterocycles. The molecule has 14 heteroatoms. The van der Waals surface area contributed by atoms with Crippen LogP contribution in [-0.4, -0.2) is 115 Å². The quantitative estimate of drug-likeness (QED) is 0.276. The zero-order valence-electron chi connectivity index (χ0n) is 30.0. The van der Waals surface area contributed by atoms with E-state index in [1.54, 1.807) is 30.3 Å². The number of aromatic nitrogens is 4. The number of carbonyl (C=O) groups is 1. The molecule has 1 aromatic carbocycles. The first-order chi connectivity index (χ1) is 25.4. The maximum atomic E-state index is 15.1. The van der Waals surface area contributed by atoms with Gasteiger partial charge in [-0.3, -0.25) is 4.79 Å². The number of fused-ring (bicyclic) bond motifs is 4. The average Bonchev–Trinajstić information content (AvgIpc) is 3.56. The third-order valence-corrected chi connectivity index (χ3v) is 11.7. The van der Waals surface area contributed by atoms with Crippen molar-refractivity contribution in [3.63, 3.8) is 0 Å². The monoisotopic (exact) mass is 726 g/mol. The SMILES string of the molecule is C#Cc1c(F)ccc2c1N([C@@H]1CCc3c(nc(OC[C@]4(C)C[C@@H](F)CN4c4cncnc4)nc3N3C[C@H]4CC(O)[C@@H](C3)N4C(=O)C=C)C1)C[C@@](C)(O)C2. The number of β-amino-alcohol motifs (C(OH)–C–C–N with tert-alkyl or cyclic N) is 1. The summed E-state index contributed by atoms with van der Waals surface area (Å²) in [7, 11) is 0. The number of alkyl halides is 1. The van der Waals surface area contributed by atoms with Crippen molar-refractivity contribution in [1.82, 2.24) is 24.8 Å². The van der Waals surface area contributed by atoms with Crippen molar-refractivity contribution in [2.24, 2.45) is 0 Å². The van der Waals surface area contributed by atoms with E-state index in [1.165, 1.54) is 18.5 Å². The minimum Gasteiger partial charge on any atom is -0.461 e.